The number of nitrogens with zero attached hydrogens (tertiary/aromatic N) is 3. The molecule has 2 aromatic carbocycles. The van der Waals surface area contributed by atoms with Gasteiger partial charge in [-0.05, 0) is 55.6 Å². The second kappa shape index (κ2) is 8.09. The molecule has 0 saturated carbocycles. The fourth-order valence-electron chi connectivity index (χ4n) is 4.17. The Morgan fingerprint density at radius 1 is 0.963 bits per heavy atom. The van der Waals surface area contributed by atoms with Crippen molar-refractivity contribution < 1.29 is 9.18 Å². The molecule has 5 heteroatoms. The summed E-state index contributed by atoms with van der Waals surface area (Å²) < 4.78 is 13.2. The molecule has 2 aliphatic rings. The van der Waals surface area contributed by atoms with Crippen LogP contribution >= 0.6 is 0 Å². The van der Waals surface area contributed by atoms with E-state index in [1.165, 1.54) is 17.7 Å². The summed E-state index contributed by atoms with van der Waals surface area (Å²) in [6, 6.07) is 17.1. The number of hydrogen-bond donors (Lipinski definition) is 0. The number of carbonyl (C=O) groups is 1. The number of hydrogen-bond acceptors (Lipinski definition) is 2. The molecule has 1 atom stereocenters. The number of halogens is 1. The fourth-order valence-corrected chi connectivity index (χ4v) is 4.17. The van der Waals surface area contributed by atoms with Crippen LogP contribution in [0.1, 0.15) is 18.4 Å². The average Bonchev–Trinajstić information content (AvgIpc) is 3.09. The molecule has 0 N–H and O–H groups in total. The third-order valence-corrected chi connectivity index (χ3v) is 5.66. The van der Waals surface area contributed by atoms with Gasteiger partial charge in [-0.2, -0.15) is 0 Å². The van der Waals surface area contributed by atoms with Crippen molar-refractivity contribution in [1.82, 2.24) is 9.80 Å². The van der Waals surface area contributed by atoms with Gasteiger partial charge in [0.25, 0.3) is 0 Å². The predicted octanol–water partition coefficient (Wildman–Crippen LogP) is 3.77. The molecule has 0 spiro atoms. The van der Waals surface area contributed by atoms with Gasteiger partial charge in [0.05, 0.1) is 0 Å². The van der Waals surface area contributed by atoms with E-state index in [0.29, 0.717) is 6.54 Å². The van der Waals surface area contributed by atoms with Crippen LogP contribution in [0.15, 0.2) is 54.6 Å². The van der Waals surface area contributed by atoms with Crippen LogP contribution in [-0.2, 0) is 6.42 Å². The van der Waals surface area contributed by atoms with E-state index in [2.05, 4.69) is 29.2 Å². The van der Waals surface area contributed by atoms with E-state index in [9.17, 15) is 9.18 Å². The second-order valence-electron chi connectivity index (χ2n) is 7.44. The Hall–Kier alpha value is -2.40. The minimum Gasteiger partial charge on any atom is -0.318 e. The van der Waals surface area contributed by atoms with Crippen molar-refractivity contribution in [2.24, 2.45) is 0 Å². The molecule has 0 unspecified atom stereocenters. The molecule has 0 aliphatic carbocycles. The maximum absolute atomic E-state index is 13.2. The largest absolute Gasteiger partial charge is 0.324 e. The Morgan fingerprint density at radius 2 is 1.74 bits per heavy atom. The van der Waals surface area contributed by atoms with Crippen molar-refractivity contribution in [3.05, 3.63) is 66.0 Å². The molecule has 4 nitrogen and oxygen atoms in total. The van der Waals surface area contributed by atoms with Crippen molar-refractivity contribution in [2.45, 2.75) is 25.3 Å². The van der Waals surface area contributed by atoms with Gasteiger partial charge in [-0.15, -0.1) is 0 Å². The third kappa shape index (κ3) is 4.14. The highest BCUT2D eigenvalue weighted by Gasteiger charge is 2.36. The van der Waals surface area contributed by atoms with Gasteiger partial charge >= 0.3 is 6.03 Å². The summed E-state index contributed by atoms with van der Waals surface area (Å²) in [7, 11) is 0. The highest BCUT2D eigenvalue weighted by Crippen LogP contribution is 2.25. The standard InChI is InChI=1S/C22H26FN3O/c23-19-8-10-20(11-9-19)25-15-16-26(22(25)27)21-7-4-13-24(17-21)14-12-18-5-2-1-3-6-18/h1-3,5-6,8-11,21H,4,7,12-17H2/t21-/m1/s1. The molecule has 2 aliphatic heterocycles. The average molecular weight is 367 g/mol. The monoisotopic (exact) mass is 367 g/mol. The van der Waals surface area contributed by atoms with Crippen molar-refractivity contribution in [3.8, 4) is 0 Å². The zero-order chi connectivity index (χ0) is 18.6. The van der Waals surface area contributed by atoms with E-state index in [4.69, 9.17) is 0 Å². The van der Waals surface area contributed by atoms with E-state index >= 15 is 0 Å². The fraction of sp³-hybridized carbons (Fsp3) is 0.409. The smallest absolute Gasteiger partial charge is 0.318 e. The third-order valence-electron chi connectivity index (χ3n) is 5.66. The highest BCUT2D eigenvalue weighted by atomic mass is 19.1. The Labute approximate surface area is 160 Å². The minimum absolute atomic E-state index is 0.0523. The van der Waals surface area contributed by atoms with E-state index in [-0.39, 0.29) is 17.9 Å². The maximum atomic E-state index is 13.2. The number of piperidine rings is 1. The number of anilines is 1. The summed E-state index contributed by atoms with van der Waals surface area (Å²) >= 11 is 0. The topological polar surface area (TPSA) is 26.8 Å². The SMILES string of the molecule is O=C1N(c2ccc(F)cc2)CCN1[C@@H]1CCCN(CCc2ccccc2)C1. The molecule has 142 valence electrons. The molecule has 2 aromatic rings. The Balaban J connectivity index is 1.35. The first-order valence-electron chi connectivity index (χ1n) is 9.81. The van der Waals surface area contributed by atoms with Gasteiger partial charge in [-0.3, -0.25) is 4.90 Å². The first kappa shape index (κ1) is 18.0. The summed E-state index contributed by atoms with van der Waals surface area (Å²) in [6.07, 6.45) is 3.23. The Bertz CT molecular complexity index is 765. The molecule has 27 heavy (non-hydrogen) atoms. The van der Waals surface area contributed by atoms with Crippen molar-refractivity contribution in [1.29, 1.82) is 0 Å². The summed E-state index contributed by atoms with van der Waals surface area (Å²) in [4.78, 5) is 19.2. The molecule has 2 saturated heterocycles. The summed E-state index contributed by atoms with van der Waals surface area (Å²) in [5, 5.41) is 0. The zero-order valence-electron chi connectivity index (χ0n) is 15.6. The van der Waals surface area contributed by atoms with Crippen LogP contribution in [0.25, 0.3) is 0 Å². The molecular weight excluding hydrogens is 341 g/mol. The number of amides is 2. The molecule has 4 rings (SSSR count). The molecule has 2 amide bonds. The molecular formula is C22H26FN3O. The number of benzene rings is 2. The summed E-state index contributed by atoms with van der Waals surface area (Å²) in [5.41, 5.74) is 2.14. The van der Waals surface area contributed by atoms with Gasteiger partial charge in [-0.25, -0.2) is 9.18 Å². The lowest BCUT2D eigenvalue weighted by molar-refractivity contribution is 0.128. The lowest BCUT2D eigenvalue weighted by atomic mass is 10.0. The minimum atomic E-state index is -0.274. The zero-order valence-corrected chi connectivity index (χ0v) is 15.6. The molecule has 2 heterocycles. The van der Waals surface area contributed by atoms with E-state index in [1.54, 1.807) is 17.0 Å². The Morgan fingerprint density at radius 3 is 2.52 bits per heavy atom. The molecule has 0 aromatic heterocycles. The lowest BCUT2D eigenvalue weighted by Crippen LogP contribution is -2.49. The van der Waals surface area contributed by atoms with Crippen LogP contribution in [0.3, 0.4) is 0 Å². The first-order valence-corrected chi connectivity index (χ1v) is 9.81. The van der Waals surface area contributed by atoms with Crippen LogP contribution in [0.5, 0.6) is 0 Å². The van der Waals surface area contributed by atoms with Gasteiger partial charge in [0.2, 0.25) is 0 Å². The van der Waals surface area contributed by atoms with Gasteiger partial charge in [0.15, 0.2) is 0 Å². The highest BCUT2D eigenvalue weighted by molar-refractivity contribution is 5.94. The number of carbonyl (C=O) groups excluding carboxylic acids is 1. The lowest BCUT2D eigenvalue weighted by Gasteiger charge is -2.37. The van der Waals surface area contributed by atoms with Gasteiger partial charge in [0, 0.05) is 37.9 Å². The van der Waals surface area contributed by atoms with Crippen molar-refractivity contribution in [3.63, 3.8) is 0 Å². The molecule has 0 radical (unpaired) electrons. The van der Waals surface area contributed by atoms with Crippen molar-refractivity contribution >= 4 is 11.7 Å². The second-order valence-corrected chi connectivity index (χ2v) is 7.44. The normalized spacial score (nSPS) is 21.1. The number of urea groups is 1. The van der Waals surface area contributed by atoms with Crippen LogP contribution in [0, 0.1) is 5.82 Å². The quantitative estimate of drug-likeness (QED) is 0.804. The van der Waals surface area contributed by atoms with Crippen LogP contribution in [0.4, 0.5) is 14.9 Å². The van der Waals surface area contributed by atoms with Crippen molar-refractivity contribution in [2.75, 3.05) is 37.6 Å². The maximum Gasteiger partial charge on any atom is 0.324 e. The van der Waals surface area contributed by atoms with E-state index < -0.39 is 0 Å². The predicted molar refractivity (Wildman–Crippen MR) is 105 cm³/mol. The molecule has 0 bridgehead atoms. The van der Waals surface area contributed by atoms with E-state index in [0.717, 1.165) is 51.1 Å². The van der Waals surface area contributed by atoms with Gasteiger partial charge in [-0.1, -0.05) is 30.3 Å². The number of likely N-dealkylation sites (tertiary alicyclic amines) is 1. The van der Waals surface area contributed by atoms with E-state index in [1.807, 2.05) is 11.0 Å². The Kier molecular flexibility index (Phi) is 5.39. The van der Waals surface area contributed by atoms with Crippen LogP contribution in [0.2, 0.25) is 0 Å². The van der Waals surface area contributed by atoms with Crippen LogP contribution in [-0.4, -0.2) is 54.6 Å². The number of rotatable bonds is 5. The summed E-state index contributed by atoms with van der Waals surface area (Å²) in [6.45, 7) is 4.49. The first-order chi connectivity index (χ1) is 13.2. The van der Waals surface area contributed by atoms with Gasteiger partial charge < -0.3 is 9.80 Å². The molecule has 2 fully saturated rings. The summed E-state index contributed by atoms with van der Waals surface area (Å²) in [5.74, 6) is -0.274. The van der Waals surface area contributed by atoms with Gasteiger partial charge in [0.1, 0.15) is 5.82 Å². The van der Waals surface area contributed by atoms with Crippen LogP contribution < -0.4 is 4.90 Å².